The molecule has 23 nitrogen and oxygen atoms in total. The number of benzene rings is 6. The van der Waals surface area contributed by atoms with E-state index in [1.54, 1.807) is 0 Å². The molecule has 3 saturated heterocycles. The van der Waals surface area contributed by atoms with Gasteiger partial charge in [0, 0.05) is 59.9 Å². The smallest absolute Gasteiger partial charge is 0.407 e. The van der Waals surface area contributed by atoms with Gasteiger partial charge in [-0.2, -0.15) is 0 Å². The first-order valence-corrected chi connectivity index (χ1v) is 40.2. The number of likely N-dealkylation sites (tertiary alicyclic amines) is 3. The molecule has 8 aromatic rings. The number of imidazole rings is 2. The number of H-pyrrole nitrogens is 2. The lowest BCUT2D eigenvalue weighted by Crippen LogP contribution is -2.56. The van der Waals surface area contributed by atoms with Gasteiger partial charge in [-0.15, -0.1) is 0 Å². The van der Waals surface area contributed by atoms with Crippen LogP contribution in [0.3, 0.4) is 0 Å². The van der Waals surface area contributed by atoms with Gasteiger partial charge in [-0.3, -0.25) is 24.4 Å². The van der Waals surface area contributed by atoms with Gasteiger partial charge in [0.05, 0.1) is 74.6 Å². The van der Waals surface area contributed by atoms with Crippen molar-refractivity contribution in [3.63, 3.8) is 0 Å². The Labute approximate surface area is 646 Å². The second kappa shape index (κ2) is 29.9. The number of aromatic nitrogens is 4. The summed E-state index contributed by atoms with van der Waals surface area (Å²) in [6.07, 6.45) is 18.2. The topological polar surface area (TPSA) is 276 Å². The quantitative estimate of drug-likeness (QED) is 0.0598. The number of aliphatic imine (C=N–C) groups is 2. The van der Waals surface area contributed by atoms with Gasteiger partial charge in [0.25, 0.3) is 0 Å². The Bertz CT molecular complexity index is 5110. The molecule has 5 N–H and O–H groups in total. The molecule has 7 aliphatic heterocycles. The third-order valence-electron chi connectivity index (χ3n) is 25.7. The first-order valence-electron chi connectivity index (χ1n) is 40.2. The van der Waals surface area contributed by atoms with Gasteiger partial charge in [-0.05, 0) is 208 Å². The molecule has 0 spiro atoms. The largest absolute Gasteiger partial charge is 0.488 e. The number of carbonyl (C=O) groups is 6. The third-order valence-corrected chi connectivity index (χ3v) is 25.7. The minimum atomic E-state index is -0.698. The highest BCUT2D eigenvalue weighted by atomic mass is 16.5. The summed E-state index contributed by atoms with van der Waals surface area (Å²) in [6.45, 7) is 13.2. The fourth-order valence-corrected chi connectivity index (χ4v) is 20.0. The van der Waals surface area contributed by atoms with Crippen molar-refractivity contribution in [1.82, 2.24) is 50.6 Å². The average molecular weight is 1500 g/mol. The van der Waals surface area contributed by atoms with Gasteiger partial charge >= 0.3 is 18.3 Å². The number of alkyl carbamates (subject to hydrolysis) is 3. The number of hydrogen-bond donors (Lipinski definition) is 5. The Balaban J connectivity index is 0.000000164. The van der Waals surface area contributed by atoms with Crippen LogP contribution < -0.4 is 25.4 Å². The molecule has 10 atom stereocenters. The third kappa shape index (κ3) is 13.5. The molecule has 578 valence electrons. The molecule has 1 unspecified atom stereocenters. The number of amides is 6. The van der Waals surface area contributed by atoms with E-state index in [9.17, 15) is 28.8 Å². The van der Waals surface area contributed by atoms with Crippen LogP contribution in [0.5, 0.6) is 11.5 Å². The zero-order valence-corrected chi connectivity index (χ0v) is 64.9. The fourth-order valence-electron chi connectivity index (χ4n) is 20.0. The van der Waals surface area contributed by atoms with Crippen molar-refractivity contribution < 1.29 is 52.5 Å². The number of carbonyl (C=O) groups excluding carboxylic acids is 6. The highest BCUT2D eigenvalue weighted by Gasteiger charge is 2.52. The van der Waals surface area contributed by atoms with Crippen LogP contribution in [-0.4, -0.2) is 152 Å². The number of nitrogens with one attached hydrogen (secondary N) is 5. The van der Waals surface area contributed by atoms with Gasteiger partial charge in [0.15, 0.2) is 0 Å². The summed E-state index contributed by atoms with van der Waals surface area (Å²) in [6, 6.07) is 28.3. The first kappa shape index (κ1) is 73.2. The second-order valence-electron chi connectivity index (χ2n) is 33.3. The second-order valence-corrected chi connectivity index (χ2v) is 33.3. The summed E-state index contributed by atoms with van der Waals surface area (Å²) < 4.78 is 27.5. The maximum Gasteiger partial charge on any atom is 0.407 e. The van der Waals surface area contributed by atoms with Crippen LogP contribution in [0.15, 0.2) is 107 Å². The highest BCUT2D eigenvalue weighted by Crippen LogP contribution is 2.51. The zero-order valence-electron chi connectivity index (χ0n) is 64.9. The van der Waals surface area contributed by atoms with Crippen LogP contribution in [-0.2, 0) is 54.6 Å². The monoisotopic (exact) mass is 1500 g/mol. The number of aromatic amines is 2. The van der Waals surface area contributed by atoms with E-state index in [0.29, 0.717) is 50.4 Å². The lowest BCUT2D eigenvalue weighted by atomic mass is 9.90. The molecular weight excluding hydrogens is 1400 g/mol. The van der Waals surface area contributed by atoms with E-state index in [2.05, 4.69) is 121 Å². The van der Waals surface area contributed by atoms with Crippen LogP contribution in [0.1, 0.15) is 177 Å². The van der Waals surface area contributed by atoms with Gasteiger partial charge in [0.1, 0.15) is 54.5 Å². The fraction of sp³-hybridized carbons (Fsp3) is 0.477. The summed E-state index contributed by atoms with van der Waals surface area (Å²) in [5.74, 6) is 4.48. The predicted molar refractivity (Wildman–Crippen MR) is 424 cm³/mol. The molecule has 0 bridgehead atoms. The molecular formula is C88H100N12O11. The lowest BCUT2D eigenvalue weighted by Gasteiger charge is -2.34. The number of fused-ring (bicyclic) bond motifs is 14. The molecule has 10 aliphatic rings. The van der Waals surface area contributed by atoms with Crippen molar-refractivity contribution in [2.24, 2.45) is 39.6 Å². The number of rotatable bonds is 15. The Hall–Kier alpha value is -10.6. The maximum absolute atomic E-state index is 14.3. The number of hydrogen-bond acceptors (Lipinski definition) is 15. The number of ether oxygens (including phenoxy) is 5. The summed E-state index contributed by atoms with van der Waals surface area (Å²) >= 11 is 0. The van der Waals surface area contributed by atoms with E-state index in [4.69, 9.17) is 43.6 Å². The normalized spacial score (nSPS) is 22.6. The van der Waals surface area contributed by atoms with Crippen LogP contribution in [0.2, 0.25) is 0 Å². The van der Waals surface area contributed by atoms with E-state index in [1.165, 1.54) is 63.7 Å². The zero-order chi connectivity index (χ0) is 76.8. The van der Waals surface area contributed by atoms with Crippen molar-refractivity contribution in [2.75, 3.05) is 27.9 Å². The molecule has 18 rings (SSSR count). The van der Waals surface area contributed by atoms with Gasteiger partial charge in [0.2, 0.25) is 17.7 Å². The van der Waals surface area contributed by atoms with Crippen molar-refractivity contribution in [1.29, 1.82) is 0 Å². The molecule has 23 heteroatoms. The van der Waals surface area contributed by atoms with Crippen molar-refractivity contribution in [2.45, 2.75) is 212 Å². The SMILES string of the molecule is COC(=O)N[C@H](C(=O)N1CCCC1c1ncc(-c2ccc3c(c2)COc2cc4c5c(ccc4cc2-3)N=C([C@@H]2C[C@@H]3CCC[C@@H]3N2C(=O)[C@@H](NC(=O)OC)C(C)C)C5)[nH]1)C(C)C.COC(=O)N[C@H](C(=O)N1[C@H](C2=Nc3ccc4cc5c(cc4c3C2)OCc2cc(-c3cnc(C4CCCC4)[nH]3)ccc2-5)C[C@@H]2CCC[C@@H]21)C(C)C. The van der Waals surface area contributed by atoms with Crippen LogP contribution in [0.25, 0.3) is 66.3 Å². The number of nitrogens with zero attached hydrogens (tertiary/aromatic N) is 7. The Kier molecular flexibility index (Phi) is 19.7. The van der Waals surface area contributed by atoms with Gasteiger partial charge in [-0.25, -0.2) is 24.4 Å². The van der Waals surface area contributed by atoms with Crippen LogP contribution >= 0.6 is 0 Å². The Morgan fingerprint density at radius 2 is 0.928 bits per heavy atom. The van der Waals surface area contributed by atoms with Crippen LogP contribution in [0, 0.1) is 29.6 Å². The molecule has 3 aliphatic carbocycles. The van der Waals surface area contributed by atoms with Crippen molar-refractivity contribution in [3.8, 4) is 56.3 Å². The highest BCUT2D eigenvalue weighted by molar-refractivity contribution is 6.09. The maximum atomic E-state index is 14.3. The summed E-state index contributed by atoms with van der Waals surface area (Å²) in [5.41, 5.74) is 17.0. The first-order chi connectivity index (χ1) is 53.8. The molecule has 3 saturated carbocycles. The molecule has 6 aromatic carbocycles. The molecule has 2 aromatic heterocycles. The molecule has 111 heavy (non-hydrogen) atoms. The van der Waals surface area contributed by atoms with Gasteiger partial charge < -0.3 is 64.3 Å². The Morgan fingerprint density at radius 3 is 1.39 bits per heavy atom. The van der Waals surface area contributed by atoms with E-state index >= 15 is 0 Å². The van der Waals surface area contributed by atoms with E-state index in [0.717, 1.165) is 182 Å². The summed E-state index contributed by atoms with van der Waals surface area (Å²) in [7, 11) is 3.95. The molecule has 9 heterocycles. The molecule has 6 amide bonds. The van der Waals surface area contributed by atoms with Crippen molar-refractivity contribution in [3.05, 3.63) is 131 Å². The standard InChI is InChI=1S/C47H55N7O7.C41H45N5O4/c1-24(2)41(51-46(57)59-5)44(55)53-16-8-11-38(53)43-48-22-36(50-43)27-12-14-30-29(17-27)23-61-40-21-31-26(18-33(30)40)13-15-34-32(31)20-35(49-34)39-19-28-9-7-10-37(28)54(39)45(56)42(25(3)4)52-47(58)60-6;1-22(2)38(45-41(48)49-3)40(47)46-35-10-6-9-26(35)17-36(46)33-18-30-29-19-37-31(16-24(29)12-14-32(30)43-33)28-13-11-25(15-27(28)21-50-37)34-20-42-39(44-34)23-7-4-5-8-23/h12-15,17-18,21-22,24-25,28,37-39,41-42H,7-11,16,19-20,23H2,1-6H3,(H,48,50)(H,51,57)(H,52,58);11-16,19-20,22-23,26,35-36,38H,4-10,17-18,21H2,1-3H3,(H,42,44)(H,45,48)/t28-,37-,38?,39-,41-,42-;26-,35-,36-,38-/m00/s1. The molecule has 0 radical (unpaired) electrons. The minimum Gasteiger partial charge on any atom is -0.488 e. The predicted octanol–water partition coefficient (Wildman–Crippen LogP) is 15.8. The van der Waals surface area contributed by atoms with Crippen LogP contribution in [0.4, 0.5) is 25.8 Å². The minimum absolute atomic E-state index is 0.0283. The summed E-state index contributed by atoms with van der Waals surface area (Å²) in [5, 5.41) is 12.9. The average Bonchev–Trinajstić information content (AvgIpc) is 1.69. The Morgan fingerprint density at radius 1 is 0.477 bits per heavy atom. The van der Waals surface area contributed by atoms with E-state index in [-0.39, 0.29) is 65.7 Å². The van der Waals surface area contributed by atoms with Gasteiger partial charge in [-0.1, -0.05) is 104 Å². The molecule has 6 fully saturated rings. The van der Waals surface area contributed by atoms with E-state index < -0.39 is 36.4 Å². The number of methoxy groups -OCH3 is 3. The van der Waals surface area contributed by atoms with E-state index in [1.807, 2.05) is 58.8 Å². The lowest BCUT2D eigenvalue weighted by molar-refractivity contribution is -0.137. The summed E-state index contributed by atoms with van der Waals surface area (Å²) in [4.78, 5) is 112. The van der Waals surface area contributed by atoms with Crippen molar-refractivity contribution >= 4 is 80.3 Å².